The van der Waals surface area contributed by atoms with E-state index in [1.165, 1.54) is 37.3 Å². The molecular weight excluding hydrogens is 476 g/mol. The first-order valence-corrected chi connectivity index (χ1v) is 13.0. The topological polar surface area (TPSA) is 110 Å². The van der Waals surface area contributed by atoms with Crippen LogP contribution in [0.1, 0.15) is 79.6 Å². The fraction of sp³-hybridized carbons (Fsp3) is 0.370. The molecule has 0 spiro atoms. The first-order chi connectivity index (χ1) is 17.4. The number of nitrogens with zero attached hydrogens (tertiary/aromatic N) is 2. The molecule has 3 aromatic rings. The van der Waals surface area contributed by atoms with Crippen LogP contribution in [0.3, 0.4) is 0 Å². The summed E-state index contributed by atoms with van der Waals surface area (Å²) < 4.78 is 5.19. The maximum absolute atomic E-state index is 13.4. The molecule has 9 heteroatoms. The molecule has 8 nitrogen and oxygen atoms in total. The highest BCUT2D eigenvalue weighted by Gasteiger charge is 2.27. The fourth-order valence-electron chi connectivity index (χ4n) is 4.51. The van der Waals surface area contributed by atoms with Crippen molar-refractivity contribution in [3.05, 3.63) is 71.0 Å². The zero-order valence-electron chi connectivity index (χ0n) is 20.4. The quantitative estimate of drug-likeness (QED) is 0.359. The minimum absolute atomic E-state index is 0.116. The molecule has 0 bridgehead atoms. The lowest BCUT2D eigenvalue weighted by atomic mass is 9.87. The summed E-state index contributed by atoms with van der Waals surface area (Å²) in [6.45, 7) is 3.11. The van der Waals surface area contributed by atoms with Gasteiger partial charge in [0.25, 0.3) is 5.91 Å². The van der Waals surface area contributed by atoms with E-state index in [0.717, 1.165) is 24.8 Å². The molecular formula is C27H30N4O4S. The average Bonchev–Trinajstić information content (AvgIpc) is 3.55. The Morgan fingerprint density at radius 1 is 1.11 bits per heavy atom. The predicted octanol–water partition coefficient (Wildman–Crippen LogP) is 5.72. The van der Waals surface area contributed by atoms with Crippen LogP contribution in [0.25, 0.3) is 0 Å². The molecule has 188 valence electrons. The van der Waals surface area contributed by atoms with Crippen LogP contribution >= 0.6 is 11.3 Å². The molecule has 1 fully saturated rings. The lowest BCUT2D eigenvalue weighted by molar-refractivity contribution is -0.146. The highest BCUT2D eigenvalue weighted by Crippen LogP contribution is 2.35. The Labute approximate surface area is 214 Å². The number of pyridine rings is 1. The van der Waals surface area contributed by atoms with Crippen LogP contribution in [0.5, 0.6) is 0 Å². The molecule has 2 atom stereocenters. The number of nitrogens with one attached hydrogen (secondary N) is 2. The number of ether oxygens (including phenoxy) is 1. The van der Waals surface area contributed by atoms with Crippen molar-refractivity contribution in [3.63, 3.8) is 0 Å². The standard InChI is InChI=1S/C27H30N4O4S/c1-17(35-18(2)32)24-16-36-27(30-24)31-26(34)23(14-19-6-3-4-7-19)20-9-11-22(12-10-20)29-25(33)21-8-5-13-28-15-21/h5,8-13,15-17,19,23H,3-4,6-7,14H2,1-2H3,(H,29,33)(H,30,31,34). The van der Waals surface area contributed by atoms with E-state index < -0.39 is 6.10 Å². The molecule has 0 saturated heterocycles. The number of thiazole rings is 1. The van der Waals surface area contributed by atoms with E-state index in [0.29, 0.717) is 28.0 Å². The van der Waals surface area contributed by atoms with Crippen molar-refractivity contribution in [1.29, 1.82) is 0 Å². The first kappa shape index (κ1) is 25.5. The van der Waals surface area contributed by atoms with Gasteiger partial charge in [0.2, 0.25) is 5.91 Å². The van der Waals surface area contributed by atoms with Crippen LogP contribution in [0.4, 0.5) is 10.8 Å². The predicted molar refractivity (Wildman–Crippen MR) is 139 cm³/mol. The lowest BCUT2D eigenvalue weighted by Crippen LogP contribution is -2.23. The normalized spacial score (nSPS) is 15.2. The van der Waals surface area contributed by atoms with Crippen LogP contribution < -0.4 is 10.6 Å². The molecule has 4 rings (SSSR count). The summed E-state index contributed by atoms with van der Waals surface area (Å²) in [6, 6.07) is 10.9. The highest BCUT2D eigenvalue weighted by molar-refractivity contribution is 7.13. The van der Waals surface area contributed by atoms with Crippen molar-refractivity contribution in [2.75, 3.05) is 10.6 Å². The third-order valence-electron chi connectivity index (χ3n) is 6.37. The number of benzene rings is 1. The SMILES string of the molecule is CC(=O)OC(C)c1csc(NC(=O)C(CC2CCCC2)c2ccc(NC(=O)c3cccnc3)cc2)n1. The molecule has 0 radical (unpaired) electrons. The van der Waals surface area contributed by atoms with Gasteiger partial charge in [-0.25, -0.2) is 4.98 Å². The lowest BCUT2D eigenvalue weighted by Gasteiger charge is -2.20. The van der Waals surface area contributed by atoms with Gasteiger partial charge in [0, 0.05) is 30.4 Å². The third kappa shape index (κ3) is 6.75. The average molecular weight is 507 g/mol. The molecule has 1 aliphatic carbocycles. The Kier molecular flexibility index (Phi) is 8.43. The third-order valence-corrected chi connectivity index (χ3v) is 7.14. The Morgan fingerprint density at radius 3 is 2.53 bits per heavy atom. The van der Waals surface area contributed by atoms with Gasteiger partial charge in [0.05, 0.1) is 17.2 Å². The van der Waals surface area contributed by atoms with Crippen LogP contribution in [0.2, 0.25) is 0 Å². The number of amides is 2. The molecule has 1 saturated carbocycles. The van der Waals surface area contributed by atoms with E-state index in [1.54, 1.807) is 30.6 Å². The summed E-state index contributed by atoms with van der Waals surface area (Å²) in [5, 5.41) is 8.10. The van der Waals surface area contributed by atoms with Gasteiger partial charge in [-0.2, -0.15) is 0 Å². The van der Waals surface area contributed by atoms with Crippen molar-refractivity contribution in [2.45, 2.75) is 58.0 Å². The molecule has 1 aliphatic rings. The van der Waals surface area contributed by atoms with E-state index in [4.69, 9.17) is 4.74 Å². The van der Waals surface area contributed by atoms with E-state index in [2.05, 4.69) is 20.6 Å². The first-order valence-electron chi connectivity index (χ1n) is 12.1. The summed E-state index contributed by atoms with van der Waals surface area (Å²) in [5.41, 5.74) is 2.62. The van der Waals surface area contributed by atoms with Crippen molar-refractivity contribution in [1.82, 2.24) is 9.97 Å². The van der Waals surface area contributed by atoms with Crippen LogP contribution in [0, 0.1) is 5.92 Å². The highest BCUT2D eigenvalue weighted by atomic mass is 32.1. The second-order valence-electron chi connectivity index (χ2n) is 9.08. The molecule has 2 N–H and O–H groups in total. The van der Waals surface area contributed by atoms with Crippen LogP contribution in [-0.2, 0) is 14.3 Å². The Balaban J connectivity index is 1.46. The summed E-state index contributed by atoms with van der Waals surface area (Å²) in [6.07, 6.45) is 8.07. The van der Waals surface area contributed by atoms with Gasteiger partial charge in [-0.05, 0) is 49.1 Å². The van der Waals surface area contributed by atoms with Gasteiger partial charge in [-0.3, -0.25) is 19.4 Å². The van der Waals surface area contributed by atoms with Gasteiger partial charge in [-0.15, -0.1) is 11.3 Å². The van der Waals surface area contributed by atoms with Crippen molar-refractivity contribution in [3.8, 4) is 0 Å². The summed E-state index contributed by atoms with van der Waals surface area (Å²) in [5.74, 6) is -0.567. The molecule has 1 aromatic carbocycles. The van der Waals surface area contributed by atoms with Gasteiger partial charge >= 0.3 is 5.97 Å². The van der Waals surface area contributed by atoms with Gasteiger partial charge in [0.1, 0.15) is 6.10 Å². The van der Waals surface area contributed by atoms with Crippen molar-refractivity contribution in [2.24, 2.45) is 5.92 Å². The van der Waals surface area contributed by atoms with Crippen LogP contribution in [-0.4, -0.2) is 27.8 Å². The molecule has 2 unspecified atom stereocenters. The summed E-state index contributed by atoms with van der Waals surface area (Å²) in [7, 11) is 0. The van der Waals surface area contributed by atoms with Crippen LogP contribution in [0.15, 0.2) is 54.2 Å². The second kappa shape index (κ2) is 11.9. The van der Waals surface area contributed by atoms with Crippen molar-refractivity contribution < 1.29 is 19.1 Å². The number of aromatic nitrogens is 2. The molecule has 0 aliphatic heterocycles. The molecule has 2 heterocycles. The number of hydrogen-bond donors (Lipinski definition) is 2. The maximum atomic E-state index is 13.4. The number of carbonyl (C=O) groups excluding carboxylic acids is 3. The zero-order chi connectivity index (χ0) is 25.5. The van der Waals surface area contributed by atoms with E-state index in [1.807, 2.05) is 24.3 Å². The minimum Gasteiger partial charge on any atom is -0.456 e. The largest absolute Gasteiger partial charge is 0.456 e. The molecule has 2 amide bonds. The monoisotopic (exact) mass is 506 g/mol. The Hall–Kier alpha value is -3.59. The molecule has 2 aromatic heterocycles. The van der Waals surface area contributed by atoms with Gasteiger partial charge in [0.15, 0.2) is 5.13 Å². The van der Waals surface area contributed by atoms with E-state index in [9.17, 15) is 14.4 Å². The number of rotatable bonds is 9. The fourth-order valence-corrected chi connectivity index (χ4v) is 5.30. The Bertz CT molecular complexity index is 1190. The zero-order valence-corrected chi connectivity index (χ0v) is 21.2. The smallest absolute Gasteiger partial charge is 0.303 e. The maximum Gasteiger partial charge on any atom is 0.303 e. The summed E-state index contributed by atoms with van der Waals surface area (Å²) in [4.78, 5) is 45.5. The number of hydrogen-bond acceptors (Lipinski definition) is 7. The Morgan fingerprint density at radius 2 is 1.86 bits per heavy atom. The second-order valence-corrected chi connectivity index (χ2v) is 9.93. The van der Waals surface area contributed by atoms with E-state index in [-0.39, 0.29) is 23.7 Å². The van der Waals surface area contributed by atoms with Gasteiger partial charge < -0.3 is 15.4 Å². The molecule has 36 heavy (non-hydrogen) atoms. The van der Waals surface area contributed by atoms with Gasteiger partial charge in [-0.1, -0.05) is 37.8 Å². The van der Waals surface area contributed by atoms with Crippen molar-refractivity contribution >= 4 is 39.9 Å². The number of carbonyl (C=O) groups is 3. The number of esters is 1. The minimum atomic E-state index is -0.479. The number of anilines is 2. The summed E-state index contributed by atoms with van der Waals surface area (Å²) >= 11 is 1.31. The van der Waals surface area contributed by atoms with E-state index >= 15 is 0 Å².